The third kappa shape index (κ3) is 3.25. The molecule has 0 spiro atoms. The fourth-order valence-electron chi connectivity index (χ4n) is 3.12. The summed E-state index contributed by atoms with van der Waals surface area (Å²) in [6.45, 7) is 4.65. The van der Waals surface area contributed by atoms with Gasteiger partial charge in [-0.3, -0.25) is 10.1 Å². The van der Waals surface area contributed by atoms with Crippen molar-refractivity contribution in [3.63, 3.8) is 0 Å². The maximum absolute atomic E-state index is 12.3. The van der Waals surface area contributed by atoms with Crippen LogP contribution in [0.4, 0.5) is 0 Å². The summed E-state index contributed by atoms with van der Waals surface area (Å²) < 4.78 is 5.34. The Morgan fingerprint density at radius 3 is 2.61 bits per heavy atom. The number of hydrogen-bond acceptors (Lipinski definition) is 3. The van der Waals surface area contributed by atoms with E-state index < -0.39 is 0 Å². The van der Waals surface area contributed by atoms with Gasteiger partial charge in [-0.2, -0.15) is 0 Å². The Balaban J connectivity index is 2.05. The molecular weight excluding hydrogens is 226 g/mol. The van der Waals surface area contributed by atoms with Gasteiger partial charge in [-0.05, 0) is 44.9 Å². The van der Waals surface area contributed by atoms with Crippen LogP contribution >= 0.6 is 0 Å². The highest BCUT2D eigenvalue weighted by Gasteiger charge is 2.44. The van der Waals surface area contributed by atoms with Crippen molar-refractivity contribution in [2.24, 2.45) is 5.92 Å². The molecule has 2 unspecified atom stereocenters. The van der Waals surface area contributed by atoms with Crippen molar-refractivity contribution in [3.8, 4) is 0 Å². The molecule has 2 aliphatic carbocycles. The van der Waals surface area contributed by atoms with Gasteiger partial charge < -0.3 is 4.74 Å². The normalized spacial score (nSPS) is 32.9. The lowest BCUT2D eigenvalue weighted by Crippen LogP contribution is -2.53. The molecule has 0 radical (unpaired) electrons. The van der Waals surface area contributed by atoms with Crippen LogP contribution < -0.4 is 5.32 Å². The van der Waals surface area contributed by atoms with Crippen molar-refractivity contribution >= 4 is 5.97 Å². The van der Waals surface area contributed by atoms with Crippen LogP contribution in [0.5, 0.6) is 0 Å². The highest BCUT2D eigenvalue weighted by Crippen LogP contribution is 2.35. The summed E-state index contributed by atoms with van der Waals surface area (Å²) in [4.78, 5) is 12.3. The average Bonchev–Trinajstić information content (AvgIpc) is 3.17. The summed E-state index contributed by atoms with van der Waals surface area (Å²) >= 11 is 0. The topological polar surface area (TPSA) is 38.3 Å². The predicted molar refractivity (Wildman–Crippen MR) is 72.4 cm³/mol. The molecule has 2 rings (SSSR count). The van der Waals surface area contributed by atoms with E-state index in [0.717, 1.165) is 31.6 Å². The molecule has 0 bridgehead atoms. The average molecular weight is 253 g/mol. The summed E-state index contributed by atoms with van der Waals surface area (Å²) in [6.07, 6.45) is 9.18. The van der Waals surface area contributed by atoms with Gasteiger partial charge in [-0.25, -0.2) is 0 Å². The fourth-order valence-corrected chi connectivity index (χ4v) is 3.12. The van der Waals surface area contributed by atoms with Gasteiger partial charge in [-0.1, -0.05) is 26.2 Å². The van der Waals surface area contributed by atoms with Gasteiger partial charge in [0.05, 0.1) is 6.61 Å². The van der Waals surface area contributed by atoms with Gasteiger partial charge in [0.2, 0.25) is 0 Å². The number of esters is 1. The first-order valence-corrected chi connectivity index (χ1v) is 7.65. The molecule has 2 fully saturated rings. The highest BCUT2D eigenvalue weighted by molar-refractivity contribution is 5.81. The molecule has 0 aromatic rings. The molecule has 1 N–H and O–H groups in total. The van der Waals surface area contributed by atoms with Crippen molar-refractivity contribution in [1.82, 2.24) is 5.32 Å². The maximum atomic E-state index is 12.3. The first-order valence-electron chi connectivity index (χ1n) is 7.65. The van der Waals surface area contributed by atoms with Crippen LogP contribution in [0.25, 0.3) is 0 Å². The molecule has 3 heteroatoms. The van der Waals surface area contributed by atoms with Gasteiger partial charge >= 0.3 is 5.97 Å². The lowest BCUT2D eigenvalue weighted by atomic mass is 9.89. The van der Waals surface area contributed by atoms with Crippen molar-refractivity contribution in [1.29, 1.82) is 0 Å². The van der Waals surface area contributed by atoms with E-state index in [1.807, 2.05) is 6.92 Å². The van der Waals surface area contributed by atoms with Crippen molar-refractivity contribution in [3.05, 3.63) is 0 Å². The van der Waals surface area contributed by atoms with Crippen LogP contribution in [0.3, 0.4) is 0 Å². The number of ether oxygens (including phenoxy) is 1. The standard InChI is InChI=1S/C15H27NO2/c1-3-12-6-5-10-15(11-9-12,14(17)18-4-2)16-13-7-8-13/h12-13,16H,3-11H2,1-2H3. The third-order valence-corrected chi connectivity index (χ3v) is 4.50. The van der Waals surface area contributed by atoms with Gasteiger partial charge in [0.15, 0.2) is 0 Å². The summed E-state index contributed by atoms with van der Waals surface area (Å²) in [6, 6.07) is 0.563. The first-order chi connectivity index (χ1) is 8.70. The Hall–Kier alpha value is -0.570. The van der Waals surface area contributed by atoms with Crippen molar-refractivity contribution in [2.45, 2.75) is 76.8 Å². The number of carbonyl (C=O) groups is 1. The summed E-state index contributed by atoms with van der Waals surface area (Å²) in [5.41, 5.74) is -0.374. The quantitative estimate of drug-likeness (QED) is 0.604. The second-order valence-electron chi connectivity index (χ2n) is 5.93. The van der Waals surface area contributed by atoms with Gasteiger partial charge in [0.1, 0.15) is 5.54 Å². The van der Waals surface area contributed by atoms with E-state index in [4.69, 9.17) is 4.74 Å². The second-order valence-corrected chi connectivity index (χ2v) is 5.93. The Bertz CT molecular complexity index is 288. The lowest BCUT2D eigenvalue weighted by molar-refractivity contribution is -0.152. The minimum atomic E-state index is -0.374. The molecule has 104 valence electrons. The van der Waals surface area contributed by atoms with Crippen LogP contribution in [0.15, 0.2) is 0 Å². The van der Waals surface area contributed by atoms with E-state index in [-0.39, 0.29) is 11.5 Å². The van der Waals surface area contributed by atoms with Crippen LogP contribution in [0, 0.1) is 5.92 Å². The summed E-state index contributed by atoms with van der Waals surface area (Å²) in [5.74, 6) is 0.788. The van der Waals surface area contributed by atoms with Crippen LogP contribution in [0.1, 0.15) is 65.2 Å². The van der Waals surface area contributed by atoms with Gasteiger partial charge in [0, 0.05) is 6.04 Å². The molecular formula is C15H27NO2. The molecule has 0 aromatic heterocycles. The van der Waals surface area contributed by atoms with E-state index in [2.05, 4.69) is 12.2 Å². The Kier molecular flexibility index (Phi) is 4.66. The number of carbonyl (C=O) groups excluding carboxylic acids is 1. The third-order valence-electron chi connectivity index (χ3n) is 4.50. The molecule has 2 aliphatic rings. The minimum Gasteiger partial charge on any atom is -0.465 e. The number of nitrogens with one attached hydrogen (secondary N) is 1. The highest BCUT2D eigenvalue weighted by atomic mass is 16.5. The van der Waals surface area contributed by atoms with E-state index in [0.29, 0.717) is 12.6 Å². The smallest absolute Gasteiger partial charge is 0.326 e. The first kappa shape index (κ1) is 13.9. The fraction of sp³-hybridized carbons (Fsp3) is 0.933. The zero-order valence-electron chi connectivity index (χ0n) is 11.8. The monoisotopic (exact) mass is 253 g/mol. The lowest BCUT2D eigenvalue weighted by Gasteiger charge is -2.31. The molecule has 0 amide bonds. The maximum Gasteiger partial charge on any atom is 0.326 e. The summed E-state index contributed by atoms with van der Waals surface area (Å²) in [7, 11) is 0. The zero-order chi connectivity index (χ0) is 13.0. The van der Waals surface area contributed by atoms with Crippen molar-refractivity contribution < 1.29 is 9.53 Å². The molecule has 0 saturated heterocycles. The summed E-state index contributed by atoms with van der Waals surface area (Å²) in [5, 5.41) is 3.60. The predicted octanol–water partition coefficient (Wildman–Crippen LogP) is 3.03. The van der Waals surface area contributed by atoms with E-state index in [9.17, 15) is 4.79 Å². The molecule has 0 heterocycles. The molecule has 2 saturated carbocycles. The van der Waals surface area contributed by atoms with Crippen LogP contribution in [-0.4, -0.2) is 24.2 Å². The molecule has 3 nitrogen and oxygen atoms in total. The van der Waals surface area contributed by atoms with Gasteiger partial charge in [-0.15, -0.1) is 0 Å². The second kappa shape index (κ2) is 6.05. The SMILES string of the molecule is CCOC(=O)C1(NC2CC2)CCCC(CC)CC1. The van der Waals surface area contributed by atoms with Crippen LogP contribution in [0.2, 0.25) is 0 Å². The largest absolute Gasteiger partial charge is 0.465 e. The Labute approximate surface area is 111 Å². The van der Waals surface area contributed by atoms with Gasteiger partial charge in [0.25, 0.3) is 0 Å². The number of hydrogen-bond donors (Lipinski definition) is 1. The number of rotatable bonds is 5. The molecule has 0 aliphatic heterocycles. The molecule has 0 aromatic carbocycles. The molecule has 18 heavy (non-hydrogen) atoms. The zero-order valence-corrected chi connectivity index (χ0v) is 11.8. The Morgan fingerprint density at radius 2 is 2.00 bits per heavy atom. The van der Waals surface area contributed by atoms with E-state index in [1.54, 1.807) is 0 Å². The molecule has 2 atom stereocenters. The minimum absolute atomic E-state index is 0.00588. The van der Waals surface area contributed by atoms with Crippen molar-refractivity contribution in [2.75, 3.05) is 6.61 Å². The van der Waals surface area contributed by atoms with E-state index >= 15 is 0 Å². The van der Waals surface area contributed by atoms with Crippen LogP contribution in [-0.2, 0) is 9.53 Å². The Morgan fingerprint density at radius 1 is 1.22 bits per heavy atom. The van der Waals surface area contributed by atoms with E-state index in [1.165, 1.54) is 25.7 Å².